The Kier molecular flexibility index (Phi) is 6.14. The highest BCUT2D eigenvalue weighted by molar-refractivity contribution is 7.11. The summed E-state index contributed by atoms with van der Waals surface area (Å²) in [7, 11) is 1.86. The molecular weight excluding hydrogens is 342 g/mol. The van der Waals surface area contributed by atoms with Gasteiger partial charge in [-0.3, -0.25) is 4.99 Å². The number of thiazole rings is 1. The van der Waals surface area contributed by atoms with Crippen LogP contribution in [0.1, 0.15) is 27.9 Å². The summed E-state index contributed by atoms with van der Waals surface area (Å²) in [5.74, 6) is 0.971. The fraction of sp³-hybridized carbons (Fsp3) is 0.500. The number of hydrogen-bond donors (Lipinski definition) is 1. The Bertz CT molecular complexity index is 759. The molecule has 0 spiro atoms. The summed E-state index contributed by atoms with van der Waals surface area (Å²) >= 11 is 1.78. The summed E-state index contributed by atoms with van der Waals surface area (Å²) < 4.78 is 0. The minimum Gasteiger partial charge on any atom is -0.368 e. The SMILES string of the molecule is CCc1cnc(CNC(=NC)N2CCN(c3cccc(C)c3C)CC2)s1. The molecule has 2 aromatic rings. The number of benzene rings is 1. The first-order valence-corrected chi connectivity index (χ1v) is 10.1. The summed E-state index contributed by atoms with van der Waals surface area (Å²) in [6, 6.07) is 6.57. The van der Waals surface area contributed by atoms with Crippen molar-refractivity contribution in [3.05, 3.63) is 45.4 Å². The van der Waals surface area contributed by atoms with Crippen LogP contribution in [-0.4, -0.2) is 49.1 Å². The van der Waals surface area contributed by atoms with E-state index in [0.717, 1.165) is 50.1 Å². The first-order chi connectivity index (χ1) is 12.6. The van der Waals surface area contributed by atoms with Gasteiger partial charge in [0.2, 0.25) is 0 Å². The lowest BCUT2D eigenvalue weighted by Crippen LogP contribution is -2.52. The molecule has 6 heteroatoms. The molecule has 1 saturated heterocycles. The number of aliphatic imine (C=N–C) groups is 1. The maximum Gasteiger partial charge on any atom is 0.194 e. The van der Waals surface area contributed by atoms with Crippen LogP contribution in [-0.2, 0) is 13.0 Å². The molecule has 1 aliphatic heterocycles. The number of aryl methyl sites for hydroxylation is 2. The molecular formula is C20H29N5S. The van der Waals surface area contributed by atoms with Gasteiger partial charge in [-0.15, -0.1) is 11.3 Å². The van der Waals surface area contributed by atoms with E-state index in [0.29, 0.717) is 0 Å². The smallest absolute Gasteiger partial charge is 0.194 e. The van der Waals surface area contributed by atoms with Crippen LogP contribution in [0.2, 0.25) is 0 Å². The molecule has 0 radical (unpaired) electrons. The summed E-state index contributed by atoms with van der Waals surface area (Å²) in [6.45, 7) is 11.3. The maximum atomic E-state index is 4.48. The third kappa shape index (κ3) is 4.18. The van der Waals surface area contributed by atoms with E-state index >= 15 is 0 Å². The lowest BCUT2D eigenvalue weighted by Gasteiger charge is -2.38. The van der Waals surface area contributed by atoms with Crippen LogP contribution >= 0.6 is 11.3 Å². The van der Waals surface area contributed by atoms with Crippen molar-refractivity contribution < 1.29 is 0 Å². The molecule has 0 amide bonds. The average molecular weight is 372 g/mol. The molecule has 3 rings (SSSR count). The molecule has 1 aromatic carbocycles. The van der Waals surface area contributed by atoms with Crippen molar-refractivity contribution in [2.75, 3.05) is 38.1 Å². The van der Waals surface area contributed by atoms with Crippen molar-refractivity contribution in [1.82, 2.24) is 15.2 Å². The van der Waals surface area contributed by atoms with Crippen molar-refractivity contribution in [2.45, 2.75) is 33.7 Å². The Balaban J connectivity index is 1.56. The van der Waals surface area contributed by atoms with Crippen molar-refractivity contribution in [1.29, 1.82) is 0 Å². The van der Waals surface area contributed by atoms with E-state index in [-0.39, 0.29) is 0 Å². The number of nitrogens with zero attached hydrogens (tertiary/aromatic N) is 4. The lowest BCUT2D eigenvalue weighted by molar-refractivity contribution is 0.372. The van der Waals surface area contributed by atoms with E-state index in [2.05, 4.69) is 64.1 Å². The van der Waals surface area contributed by atoms with Crippen molar-refractivity contribution in [3.63, 3.8) is 0 Å². The first kappa shape index (κ1) is 18.7. The largest absolute Gasteiger partial charge is 0.368 e. The lowest BCUT2D eigenvalue weighted by atomic mass is 10.1. The van der Waals surface area contributed by atoms with Gasteiger partial charge in [-0.2, -0.15) is 0 Å². The molecule has 0 bridgehead atoms. The van der Waals surface area contributed by atoms with E-state index in [1.54, 1.807) is 11.3 Å². The second-order valence-electron chi connectivity index (χ2n) is 6.67. The van der Waals surface area contributed by atoms with Crippen LogP contribution in [0.4, 0.5) is 5.69 Å². The molecule has 1 aliphatic rings. The summed E-state index contributed by atoms with van der Waals surface area (Å²) in [6.07, 6.45) is 3.03. The fourth-order valence-corrected chi connectivity index (χ4v) is 4.12. The van der Waals surface area contributed by atoms with Crippen molar-refractivity contribution in [2.24, 2.45) is 4.99 Å². The van der Waals surface area contributed by atoms with Crippen LogP contribution < -0.4 is 10.2 Å². The normalized spacial score (nSPS) is 15.5. The number of hydrogen-bond acceptors (Lipinski definition) is 4. The van der Waals surface area contributed by atoms with E-state index in [1.165, 1.54) is 21.7 Å². The predicted molar refractivity (Wildman–Crippen MR) is 111 cm³/mol. The molecule has 1 fully saturated rings. The fourth-order valence-electron chi connectivity index (χ4n) is 3.32. The highest BCUT2D eigenvalue weighted by atomic mass is 32.1. The van der Waals surface area contributed by atoms with Gasteiger partial charge in [0.25, 0.3) is 0 Å². The average Bonchev–Trinajstić information content (AvgIpc) is 3.13. The molecule has 0 aliphatic carbocycles. The molecule has 1 N–H and O–H groups in total. The molecule has 0 saturated carbocycles. The second-order valence-corrected chi connectivity index (χ2v) is 7.87. The highest BCUT2D eigenvalue weighted by Gasteiger charge is 2.21. The Morgan fingerprint density at radius 3 is 2.65 bits per heavy atom. The Labute approximate surface area is 160 Å². The third-order valence-electron chi connectivity index (χ3n) is 5.06. The molecule has 2 heterocycles. The third-order valence-corrected chi connectivity index (χ3v) is 6.20. The zero-order valence-corrected chi connectivity index (χ0v) is 17.1. The number of aromatic nitrogens is 1. The quantitative estimate of drug-likeness (QED) is 0.662. The van der Waals surface area contributed by atoms with Crippen molar-refractivity contribution >= 4 is 23.0 Å². The molecule has 140 valence electrons. The van der Waals surface area contributed by atoms with Crippen LogP contribution in [0.3, 0.4) is 0 Å². The van der Waals surface area contributed by atoms with Crippen molar-refractivity contribution in [3.8, 4) is 0 Å². The van der Waals surface area contributed by atoms with Gasteiger partial charge < -0.3 is 15.1 Å². The molecule has 26 heavy (non-hydrogen) atoms. The molecule has 5 nitrogen and oxygen atoms in total. The minimum absolute atomic E-state index is 0.745. The Morgan fingerprint density at radius 1 is 1.23 bits per heavy atom. The Hall–Kier alpha value is -2.08. The highest BCUT2D eigenvalue weighted by Crippen LogP contribution is 2.24. The summed E-state index contributed by atoms with van der Waals surface area (Å²) in [5, 5.41) is 4.60. The summed E-state index contributed by atoms with van der Waals surface area (Å²) in [4.78, 5) is 15.1. The monoisotopic (exact) mass is 371 g/mol. The van der Waals surface area contributed by atoms with Gasteiger partial charge in [-0.05, 0) is 37.5 Å². The zero-order chi connectivity index (χ0) is 18.5. The number of nitrogens with one attached hydrogen (secondary N) is 1. The van der Waals surface area contributed by atoms with E-state index in [9.17, 15) is 0 Å². The molecule has 1 aromatic heterocycles. The van der Waals surface area contributed by atoms with Crippen LogP contribution in [0.15, 0.2) is 29.4 Å². The van der Waals surface area contributed by atoms with Gasteiger partial charge >= 0.3 is 0 Å². The number of rotatable bonds is 4. The standard InChI is InChI=1S/C20H29N5S/c1-5-17-13-22-19(26-17)14-23-20(21-4)25-11-9-24(10-12-25)18-8-6-7-15(2)16(18)3/h6-8,13H,5,9-12,14H2,1-4H3,(H,21,23). The first-order valence-electron chi connectivity index (χ1n) is 9.32. The van der Waals surface area contributed by atoms with Crippen LogP contribution in [0.5, 0.6) is 0 Å². The predicted octanol–water partition coefficient (Wildman–Crippen LogP) is 3.22. The van der Waals surface area contributed by atoms with Gasteiger partial charge in [-0.1, -0.05) is 19.1 Å². The van der Waals surface area contributed by atoms with Gasteiger partial charge in [0, 0.05) is 50.0 Å². The molecule has 0 atom stereocenters. The van der Waals surface area contributed by atoms with E-state index < -0.39 is 0 Å². The second kappa shape index (κ2) is 8.54. The Morgan fingerprint density at radius 2 is 2.00 bits per heavy atom. The number of guanidine groups is 1. The number of piperazine rings is 1. The van der Waals surface area contributed by atoms with Gasteiger partial charge in [0.05, 0.1) is 6.54 Å². The minimum atomic E-state index is 0.745. The number of anilines is 1. The topological polar surface area (TPSA) is 43.8 Å². The summed E-state index contributed by atoms with van der Waals surface area (Å²) in [5.41, 5.74) is 4.11. The molecule has 0 unspecified atom stereocenters. The van der Waals surface area contributed by atoms with Gasteiger partial charge in [0.15, 0.2) is 5.96 Å². The maximum absolute atomic E-state index is 4.48. The van der Waals surface area contributed by atoms with Gasteiger partial charge in [-0.25, -0.2) is 4.98 Å². The van der Waals surface area contributed by atoms with Crippen LogP contribution in [0, 0.1) is 13.8 Å². The van der Waals surface area contributed by atoms with E-state index in [4.69, 9.17) is 0 Å². The van der Waals surface area contributed by atoms with Crippen LogP contribution in [0.25, 0.3) is 0 Å². The van der Waals surface area contributed by atoms with Gasteiger partial charge in [0.1, 0.15) is 5.01 Å². The zero-order valence-electron chi connectivity index (χ0n) is 16.2. The van der Waals surface area contributed by atoms with E-state index in [1.807, 2.05) is 13.2 Å².